The van der Waals surface area contributed by atoms with Crippen molar-refractivity contribution < 1.29 is 43.1 Å². The van der Waals surface area contributed by atoms with Crippen LogP contribution >= 0.6 is 0 Å². The van der Waals surface area contributed by atoms with Crippen LogP contribution in [-0.4, -0.2) is 79.1 Å². The van der Waals surface area contributed by atoms with Gasteiger partial charge in [-0.1, -0.05) is 30.3 Å². The summed E-state index contributed by atoms with van der Waals surface area (Å²) >= 11 is 0. The summed E-state index contributed by atoms with van der Waals surface area (Å²) in [5.74, 6) is -2.22. The molecular formula is C26H36O9. The van der Waals surface area contributed by atoms with Crippen molar-refractivity contribution >= 4 is 5.97 Å². The van der Waals surface area contributed by atoms with Crippen molar-refractivity contribution in [1.29, 1.82) is 0 Å². The Morgan fingerprint density at radius 1 is 1.06 bits per heavy atom. The molecule has 1 aromatic rings. The van der Waals surface area contributed by atoms with Gasteiger partial charge in [0.05, 0.1) is 38.6 Å². The van der Waals surface area contributed by atoms with E-state index in [9.17, 15) is 9.90 Å². The zero-order valence-electron chi connectivity index (χ0n) is 20.9. The highest BCUT2D eigenvalue weighted by molar-refractivity contribution is 5.81. The van der Waals surface area contributed by atoms with Gasteiger partial charge in [-0.15, -0.1) is 0 Å². The van der Waals surface area contributed by atoms with Crippen LogP contribution in [0.2, 0.25) is 0 Å². The molecule has 3 heterocycles. The molecule has 9 heteroatoms. The Balaban J connectivity index is 1.50. The van der Waals surface area contributed by atoms with E-state index >= 15 is 0 Å². The lowest BCUT2D eigenvalue weighted by atomic mass is 9.90. The fraction of sp³-hybridized carbons (Fsp3) is 0.654. The van der Waals surface area contributed by atoms with Crippen molar-refractivity contribution in [1.82, 2.24) is 0 Å². The number of aliphatic hydroxyl groups excluding tert-OH is 1. The van der Waals surface area contributed by atoms with E-state index in [0.717, 1.165) is 5.56 Å². The Morgan fingerprint density at radius 2 is 1.74 bits per heavy atom. The topological polar surface area (TPSA) is 102 Å². The standard InChI is InChI=1S/C26H36O9/c1-25(2)32-19-13-18(17(27)11-12-21(28)29-5)31-24(22(19)34-25)23-20(33-26(3,4)35-23)15-30-14-16-9-7-6-8-10-16/h6-12,17-20,22-24,27H,13-15H2,1-5H3/b12-11+/t17-,18-,19-,20-,22-,23+,24-/m1/s1. The van der Waals surface area contributed by atoms with Crippen molar-refractivity contribution in [3.8, 4) is 0 Å². The number of ether oxygens (including phenoxy) is 7. The Hall–Kier alpha value is -1.85. The second-order valence-corrected chi connectivity index (χ2v) is 10.0. The highest BCUT2D eigenvalue weighted by Gasteiger charge is 2.57. The molecule has 0 spiro atoms. The van der Waals surface area contributed by atoms with Crippen LogP contribution in [0.3, 0.4) is 0 Å². The summed E-state index contributed by atoms with van der Waals surface area (Å²) in [6, 6.07) is 9.90. The number of rotatable bonds is 8. The molecule has 0 bridgehead atoms. The summed E-state index contributed by atoms with van der Waals surface area (Å²) in [6.07, 6.45) is -1.03. The van der Waals surface area contributed by atoms with E-state index in [2.05, 4.69) is 4.74 Å². The molecule has 0 radical (unpaired) electrons. The maximum atomic E-state index is 11.5. The van der Waals surface area contributed by atoms with Gasteiger partial charge in [-0.05, 0) is 39.3 Å². The van der Waals surface area contributed by atoms with Crippen LogP contribution in [0.5, 0.6) is 0 Å². The lowest BCUT2D eigenvalue weighted by Gasteiger charge is -2.41. The maximum absolute atomic E-state index is 11.5. The van der Waals surface area contributed by atoms with Crippen LogP contribution in [0.15, 0.2) is 42.5 Å². The number of aliphatic hydroxyl groups is 1. The number of methoxy groups -OCH3 is 1. The fourth-order valence-corrected chi connectivity index (χ4v) is 4.88. The van der Waals surface area contributed by atoms with Gasteiger partial charge in [0, 0.05) is 12.5 Å². The molecule has 0 aliphatic carbocycles. The SMILES string of the molecule is COC(=O)/C=C/[C@@H](O)[C@H]1C[C@H]2OC(C)(C)O[C@H]2[C@H]([C@H]2OC(C)(C)O[C@@H]2COCc2ccccc2)O1. The third kappa shape index (κ3) is 6.48. The first-order valence-electron chi connectivity index (χ1n) is 12.0. The summed E-state index contributed by atoms with van der Waals surface area (Å²) in [6.45, 7) is 8.12. The Morgan fingerprint density at radius 3 is 2.46 bits per heavy atom. The quantitative estimate of drug-likeness (QED) is 0.433. The fourth-order valence-electron chi connectivity index (χ4n) is 4.88. The van der Waals surface area contributed by atoms with E-state index in [1.165, 1.54) is 19.3 Å². The van der Waals surface area contributed by atoms with Crippen LogP contribution < -0.4 is 0 Å². The molecule has 3 aliphatic heterocycles. The lowest BCUT2D eigenvalue weighted by Crippen LogP contribution is -2.57. The smallest absolute Gasteiger partial charge is 0.330 e. The Labute approximate surface area is 206 Å². The molecule has 0 aromatic heterocycles. The summed E-state index contributed by atoms with van der Waals surface area (Å²) < 4.78 is 41.8. The van der Waals surface area contributed by atoms with Gasteiger partial charge in [0.2, 0.25) is 0 Å². The molecule has 3 saturated heterocycles. The van der Waals surface area contributed by atoms with Crippen molar-refractivity contribution in [2.45, 2.75) is 95.0 Å². The third-order valence-corrected chi connectivity index (χ3v) is 6.29. The number of carbonyl (C=O) groups excluding carboxylic acids is 1. The average molecular weight is 493 g/mol. The summed E-state index contributed by atoms with van der Waals surface area (Å²) in [7, 11) is 1.28. The summed E-state index contributed by atoms with van der Waals surface area (Å²) in [5.41, 5.74) is 1.06. The molecule has 1 aromatic carbocycles. The normalized spacial score (nSPS) is 34.6. The molecule has 0 amide bonds. The predicted molar refractivity (Wildman–Crippen MR) is 124 cm³/mol. The zero-order valence-corrected chi connectivity index (χ0v) is 20.9. The van der Waals surface area contributed by atoms with Gasteiger partial charge in [0.25, 0.3) is 0 Å². The molecule has 7 atom stereocenters. The highest BCUT2D eigenvalue weighted by atomic mass is 16.8. The maximum Gasteiger partial charge on any atom is 0.330 e. The molecule has 1 N–H and O–H groups in total. The van der Waals surface area contributed by atoms with Gasteiger partial charge in [-0.3, -0.25) is 0 Å². The minimum absolute atomic E-state index is 0.292. The predicted octanol–water partition coefficient (Wildman–Crippen LogP) is 2.49. The molecular weight excluding hydrogens is 456 g/mol. The first kappa shape index (κ1) is 26.2. The summed E-state index contributed by atoms with van der Waals surface area (Å²) in [4.78, 5) is 11.5. The number of hydrogen-bond donors (Lipinski definition) is 1. The minimum atomic E-state index is -1.05. The van der Waals surface area contributed by atoms with Gasteiger partial charge in [-0.25, -0.2) is 4.79 Å². The van der Waals surface area contributed by atoms with Gasteiger partial charge in [0.1, 0.15) is 24.4 Å². The Kier molecular flexibility index (Phi) is 7.97. The van der Waals surface area contributed by atoms with Crippen LogP contribution in [0.4, 0.5) is 0 Å². The molecule has 0 saturated carbocycles. The number of carbonyl (C=O) groups is 1. The van der Waals surface area contributed by atoms with E-state index < -0.39 is 54.2 Å². The first-order chi connectivity index (χ1) is 16.6. The van der Waals surface area contributed by atoms with Crippen LogP contribution in [0.25, 0.3) is 0 Å². The Bertz CT molecular complexity index is 884. The second-order valence-electron chi connectivity index (χ2n) is 10.0. The van der Waals surface area contributed by atoms with Gasteiger partial charge >= 0.3 is 5.97 Å². The molecule has 0 unspecified atom stereocenters. The van der Waals surface area contributed by atoms with Crippen molar-refractivity contribution in [3.05, 3.63) is 48.0 Å². The van der Waals surface area contributed by atoms with E-state index in [4.69, 9.17) is 28.4 Å². The number of hydrogen-bond acceptors (Lipinski definition) is 9. The number of benzene rings is 1. The van der Waals surface area contributed by atoms with Crippen LogP contribution in [-0.2, 0) is 44.6 Å². The molecule has 35 heavy (non-hydrogen) atoms. The van der Waals surface area contributed by atoms with Crippen LogP contribution in [0.1, 0.15) is 39.7 Å². The van der Waals surface area contributed by atoms with Crippen molar-refractivity contribution in [2.75, 3.05) is 13.7 Å². The van der Waals surface area contributed by atoms with E-state index in [-0.39, 0.29) is 6.10 Å². The van der Waals surface area contributed by atoms with E-state index in [0.29, 0.717) is 19.6 Å². The van der Waals surface area contributed by atoms with Gasteiger partial charge in [-0.2, -0.15) is 0 Å². The van der Waals surface area contributed by atoms with Crippen molar-refractivity contribution in [3.63, 3.8) is 0 Å². The molecule has 3 aliphatic rings. The molecule has 3 fully saturated rings. The molecule has 194 valence electrons. The van der Waals surface area contributed by atoms with Gasteiger partial charge < -0.3 is 38.3 Å². The largest absolute Gasteiger partial charge is 0.466 e. The van der Waals surface area contributed by atoms with Gasteiger partial charge in [0.15, 0.2) is 11.6 Å². The highest BCUT2D eigenvalue weighted by Crippen LogP contribution is 2.43. The monoisotopic (exact) mass is 492 g/mol. The van der Waals surface area contributed by atoms with E-state index in [1.807, 2.05) is 58.0 Å². The van der Waals surface area contributed by atoms with Crippen molar-refractivity contribution in [2.24, 2.45) is 0 Å². The van der Waals surface area contributed by atoms with E-state index in [1.54, 1.807) is 0 Å². The second kappa shape index (κ2) is 10.6. The van der Waals surface area contributed by atoms with Crippen LogP contribution in [0, 0.1) is 0 Å². The average Bonchev–Trinajstić information content (AvgIpc) is 3.30. The molecule has 4 rings (SSSR count). The third-order valence-electron chi connectivity index (χ3n) is 6.29. The minimum Gasteiger partial charge on any atom is -0.466 e. The first-order valence-corrected chi connectivity index (χ1v) is 12.0. The molecule has 9 nitrogen and oxygen atoms in total. The summed E-state index contributed by atoms with van der Waals surface area (Å²) in [5, 5.41) is 10.8. The number of esters is 1. The zero-order chi connectivity index (χ0) is 25.2. The number of fused-ring (bicyclic) bond motifs is 1. The lowest BCUT2D eigenvalue weighted by molar-refractivity contribution is -0.213.